The first kappa shape index (κ1) is 21.1. The molecule has 0 atom stereocenters. The molecule has 3 rings (SSSR count). The number of carbonyl (C=O) groups excluding carboxylic acids is 1. The minimum atomic E-state index is -0.535. The number of rotatable bonds is 7. The normalized spacial score (nSPS) is 11.3. The highest BCUT2D eigenvalue weighted by molar-refractivity contribution is 7.15. The second-order valence-electron chi connectivity index (χ2n) is 6.13. The number of nitriles is 1. The second kappa shape index (κ2) is 9.70. The number of halogens is 2. The number of carbonyl (C=O) groups is 1. The molecule has 0 spiro atoms. The van der Waals surface area contributed by atoms with Gasteiger partial charge in [-0.15, -0.1) is 10.2 Å². The SMILES string of the molecule is CCCCc1nnc(NC(=O)C(C#N)=Cc2cccn2-c2ccc(Cl)c(Cl)c2)s1. The first-order valence-corrected chi connectivity index (χ1v) is 10.5. The summed E-state index contributed by atoms with van der Waals surface area (Å²) in [5.41, 5.74) is 1.37. The third-order valence-electron chi connectivity index (χ3n) is 4.05. The standard InChI is InChI=1S/C20H17Cl2N5OS/c1-2-3-6-18-25-26-20(29-18)24-19(28)13(12-23)10-14-5-4-9-27(14)15-7-8-16(21)17(22)11-15/h4-5,7-11H,2-3,6H2,1H3,(H,24,26,28). The number of amides is 1. The van der Waals surface area contributed by atoms with Gasteiger partial charge in [0.25, 0.3) is 5.91 Å². The highest BCUT2D eigenvalue weighted by Gasteiger charge is 2.14. The van der Waals surface area contributed by atoms with Gasteiger partial charge in [0.15, 0.2) is 0 Å². The van der Waals surface area contributed by atoms with Crippen molar-refractivity contribution < 1.29 is 4.79 Å². The van der Waals surface area contributed by atoms with Crippen molar-refractivity contribution in [1.29, 1.82) is 5.26 Å². The van der Waals surface area contributed by atoms with Crippen LogP contribution in [0.2, 0.25) is 10.0 Å². The first-order chi connectivity index (χ1) is 14.0. The Hall–Kier alpha value is -2.66. The van der Waals surface area contributed by atoms with Crippen LogP contribution in [0.4, 0.5) is 5.13 Å². The smallest absolute Gasteiger partial charge is 0.268 e. The molecule has 0 aliphatic rings. The van der Waals surface area contributed by atoms with E-state index in [0.29, 0.717) is 20.9 Å². The Morgan fingerprint density at radius 1 is 1.31 bits per heavy atom. The Kier molecular flexibility index (Phi) is 7.04. The van der Waals surface area contributed by atoms with Crippen LogP contribution in [0, 0.1) is 11.3 Å². The molecule has 0 saturated carbocycles. The number of nitrogens with zero attached hydrogens (tertiary/aromatic N) is 4. The summed E-state index contributed by atoms with van der Waals surface area (Å²) in [5.74, 6) is -0.535. The van der Waals surface area contributed by atoms with E-state index in [1.165, 1.54) is 17.4 Å². The summed E-state index contributed by atoms with van der Waals surface area (Å²) in [6.45, 7) is 2.10. The van der Waals surface area contributed by atoms with Crippen molar-refractivity contribution in [2.45, 2.75) is 26.2 Å². The highest BCUT2D eigenvalue weighted by atomic mass is 35.5. The molecular formula is C20H17Cl2N5OS. The minimum absolute atomic E-state index is 0.0460. The maximum absolute atomic E-state index is 12.5. The van der Waals surface area contributed by atoms with Gasteiger partial charge in [-0.1, -0.05) is 47.9 Å². The molecule has 0 bridgehead atoms. The lowest BCUT2D eigenvalue weighted by molar-refractivity contribution is -0.112. The van der Waals surface area contributed by atoms with Gasteiger partial charge in [-0.2, -0.15) is 5.26 Å². The fourth-order valence-electron chi connectivity index (χ4n) is 2.58. The number of aryl methyl sites for hydroxylation is 1. The predicted molar refractivity (Wildman–Crippen MR) is 117 cm³/mol. The number of nitrogens with one attached hydrogen (secondary N) is 1. The van der Waals surface area contributed by atoms with E-state index in [0.717, 1.165) is 30.0 Å². The fraction of sp³-hybridized carbons (Fsp3) is 0.200. The Labute approximate surface area is 182 Å². The summed E-state index contributed by atoms with van der Waals surface area (Å²) in [7, 11) is 0. The molecule has 1 aromatic carbocycles. The highest BCUT2D eigenvalue weighted by Crippen LogP contribution is 2.26. The molecule has 0 saturated heterocycles. The maximum Gasteiger partial charge on any atom is 0.268 e. The van der Waals surface area contributed by atoms with Crippen LogP contribution >= 0.6 is 34.5 Å². The Bertz CT molecular complexity index is 1100. The molecule has 3 aromatic rings. The summed E-state index contributed by atoms with van der Waals surface area (Å²) in [5, 5.41) is 22.3. The van der Waals surface area contributed by atoms with Gasteiger partial charge in [-0.25, -0.2) is 0 Å². The molecule has 0 aliphatic carbocycles. The third-order valence-corrected chi connectivity index (χ3v) is 5.69. The number of hydrogen-bond acceptors (Lipinski definition) is 5. The molecule has 0 fully saturated rings. The second-order valence-corrected chi connectivity index (χ2v) is 8.01. The summed E-state index contributed by atoms with van der Waals surface area (Å²) < 4.78 is 1.81. The van der Waals surface area contributed by atoms with Crippen molar-refractivity contribution >= 4 is 51.7 Å². The van der Waals surface area contributed by atoms with Crippen LogP contribution in [0.3, 0.4) is 0 Å². The third kappa shape index (κ3) is 5.24. The van der Waals surface area contributed by atoms with Crippen molar-refractivity contribution in [3.63, 3.8) is 0 Å². The molecular weight excluding hydrogens is 429 g/mol. The van der Waals surface area contributed by atoms with E-state index in [2.05, 4.69) is 22.4 Å². The molecule has 1 amide bonds. The summed E-state index contributed by atoms with van der Waals surface area (Å²) >= 11 is 13.4. The monoisotopic (exact) mass is 445 g/mol. The van der Waals surface area contributed by atoms with E-state index in [1.807, 2.05) is 18.3 Å². The molecule has 148 valence electrons. The van der Waals surface area contributed by atoms with Crippen LogP contribution in [0.1, 0.15) is 30.5 Å². The number of aromatic nitrogens is 3. The lowest BCUT2D eigenvalue weighted by Gasteiger charge is -2.08. The summed E-state index contributed by atoms with van der Waals surface area (Å²) in [6, 6.07) is 10.8. The van der Waals surface area contributed by atoms with Crippen LogP contribution in [-0.4, -0.2) is 20.7 Å². The van der Waals surface area contributed by atoms with Crippen molar-refractivity contribution in [2.75, 3.05) is 5.32 Å². The molecule has 1 N–H and O–H groups in total. The Morgan fingerprint density at radius 3 is 2.86 bits per heavy atom. The van der Waals surface area contributed by atoms with Gasteiger partial charge in [-0.3, -0.25) is 10.1 Å². The molecule has 2 heterocycles. The molecule has 29 heavy (non-hydrogen) atoms. The van der Waals surface area contributed by atoms with Gasteiger partial charge < -0.3 is 4.57 Å². The van der Waals surface area contributed by atoms with Gasteiger partial charge in [0.05, 0.1) is 10.0 Å². The van der Waals surface area contributed by atoms with Crippen LogP contribution in [0.5, 0.6) is 0 Å². The van der Waals surface area contributed by atoms with Crippen molar-refractivity contribution in [1.82, 2.24) is 14.8 Å². The summed E-state index contributed by atoms with van der Waals surface area (Å²) in [4.78, 5) is 12.5. The van der Waals surface area contributed by atoms with E-state index in [-0.39, 0.29) is 5.57 Å². The average Bonchev–Trinajstić information content (AvgIpc) is 3.35. The first-order valence-electron chi connectivity index (χ1n) is 8.90. The Morgan fingerprint density at radius 2 is 2.14 bits per heavy atom. The minimum Gasteiger partial charge on any atom is -0.317 e. The number of benzene rings is 1. The predicted octanol–water partition coefficient (Wildman–Crippen LogP) is 5.52. The van der Waals surface area contributed by atoms with Crippen molar-refractivity contribution in [3.05, 3.63) is 62.8 Å². The van der Waals surface area contributed by atoms with E-state index >= 15 is 0 Å². The number of hydrogen-bond donors (Lipinski definition) is 1. The van der Waals surface area contributed by atoms with E-state index in [9.17, 15) is 10.1 Å². The van der Waals surface area contributed by atoms with Gasteiger partial charge in [0.1, 0.15) is 16.6 Å². The van der Waals surface area contributed by atoms with E-state index in [1.54, 1.807) is 28.8 Å². The van der Waals surface area contributed by atoms with Crippen LogP contribution in [0.15, 0.2) is 42.1 Å². The van der Waals surface area contributed by atoms with Crippen molar-refractivity contribution in [3.8, 4) is 11.8 Å². The zero-order chi connectivity index (χ0) is 20.8. The number of anilines is 1. The molecule has 6 nitrogen and oxygen atoms in total. The quantitative estimate of drug-likeness (QED) is 0.382. The molecule has 0 aliphatic heterocycles. The van der Waals surface area contributed by atoms with Gasteiger partial charge >= 0.3 is 0 Å². The van der Waals surface area contributed by atoms with Crippen LogP contribution < -0.4 is 5.32 Å². The topological polar surface area (TPSA) is 83.6 Å². The number of unbranched alkanes of at least 4 members (excludes halogenated alkanes) is 1. The van der Waals surface area contributed by atoms with Gasteiger partial charge in [0.2, 0.25) is 5.13 Å². The van der Waals surface area contributed by atoms with Crippen LogP contribution in [0.25, 0.3) is 11.8 Å². The summed E-state index contributed by atoms with van der Waals surface area (Å²) in [6.07, 6.45) is 6.21. The van der Waals surface area contributed by atoms with E-state index in [4.69, 9.17) is 23.2 Å². The van der Waals surface area contributed by atoms with E-state index < -0.39 is 5.91 Å². The zero-order valence-corrected chi connectivity index (χ0v) is 17.9. The Balaban J connectivity index is 1.81. The maximum atomic E-state index is 12.5. The zero-order valence-electron chi connectivity index (χ0n) is 15.5. The van der Waals surface area contributed by atoms with Gasteiger partial charge in [0, 0.05) is 24.0 Å². The van der Waals surface area contributed by atoms with Gasteiger partial charge in [-0.05, 0) is 42.8 Å². The molecule has 0 unspecified atom stereocenters. The molecule has 2 aromatic heterocycles. The lowest BCUT2D eigenvalue weighted by atomic mass is 10.2. The average molecular weight is 446 g/mol. The lowest BCUT2D eigenvalue weighted by Crippen LogP contribution is -2.13. The van der Waals surface area contributed by atoms with Crippen LogP contribution in [-0.2, 0) is 11.2 Å². The molecule has 0 radical (unpaired) electrons. The molecule has 9 heteroatoms. The fourth-order valence-corrected chi connectivity index (χ4v) is 3.64. The van der Waals surface area contributed by atoms with Crippen molar-refractivity contribution in [2.24, 2.45) is 0 Å². The largest absolute Gasteiger partial charge is 0.317 e.